The van der Waals surface area contributed by atoms with Gasteiger partial charge in [0.1, 0.15) is 12.4 Å². The number of carbonyl (C=O) groups is 1. The van der Waals surface area contributed by atoms with Gasteiger partial charge in [-0.3, -0.25) is 9.48 Å². The van der Waals surface area contributed by atoms with Gasteiger partial charge in [0.2, 0.25) is 5.91 Å². The van der Waals surface area contributed by atoms with E-state index in [1.54, 1.807) is 12.1 Å². The Hall–Kier alpha value is -2.01. The Morgan fingerprint density at radius 2 is 1.96 bits per heavy atom. The van der Waals surface area contributed by atoms with Gasteiger partial charge in [0.25, 0.3) is 0 Å². The first kappa shape index (κ1) is 20.3. The summed E-state index contributed by atoms with van der Waals surface area (Å²) in [5, 5.41) is 8.17. The summed E-state index contributed by atoms with van der Waals surface area (Å²) >= 11 is 5.83. The molecule has 0 spiro atoms. The zero-order valence-electron chi connectivity index (χ0n) is 16.0. The molecule has 0 aliphatic heterocycles. The average Bonchev–Trinajstić information content (AvgIpc) is 2.84. The van der Waals surface area contributed by atoms with Crippen LogP contribution >= 0.6 is 11.6 Å². The molecule has 1 aromatic heterocycles. The molecule has 1 heterocycles. The Morgan fingerprint density at radius 3 is 2.62 bits per heavy atom. The van der Waals surface area contributed by atoms with Crippen molar-refractivity contribution in [1.82, 2.24) is 15.1 Å². The zero-order chi connectivity index (χ0) is 19.1. The first-order chi connectivity index (χ1) is 12.4. The van der Waals surface area contributed by atoms with Crippen molar-refractivity contribution in [3.05, 3.63) is 46.2 Å². The van der Waals surface area contributed by atoms with Crippen molar-refractivity contribution < 1.29 is 9.53 Å². The summed E-state index contributed by atoms with van der Waals surface area (Å²) < 4.78 is 7.61. The summed E-state index contributed by atoms with van der Waals surface area (Å²) in [6, 6.07) is 7.17. The van der Waals surface area contributed by atoms with Gasteiger partial charge >= 0.3 is 0 Å². The molecule has 0 aliphatic carbocycles. The zero-order valence-corrected chi connectivity index (χ0v) is 16.8. The van der Waals surface area contributed by atoms with Crippen LogP contribution in [0.15, 0.2) is 24.3 Å². The molecule has 1 amide bonds. The topological polar surface area (TPSA) is 56.2 Å². The number of carbonyl (C=O) groups excluding carboxylic acids is 1. The van der Waals surface area contributed by atoms with Gasteiger partial charge in [0, 0.05) is 23.7 Å². The van der Waals surface area contributed by atoms with Gasteiger partial charge in [-0.25, -0.2) is 0 Å². The molecular formula is C20H28ClN3O2. The minimum absolute atomic E-state index is 0.0279. The monoisotopic (exact) mass is 377 g/mol. The number of hydrogen-bond acceptors (Lipinski definition) is 3. The number of nitrogens with zero attached hydrogens (tertiary/aromatic N) is 2. The van der Waals surface area contributed by atoms with E-state index in [0.29, 0.717) is 36.9 Å². The van der Waals surface area contributed by atoms with Crippen LogP contribution in [0, 0.1) is 19.8 Å². The van der Waals surface area contributed by atoms with E-state index in [1.165, 1.54) is 5.56 Å². The lowest BCUT2D eigenvalue weighted by Gasteiger charge is -2.09. The van der Waals surface area contributed by atoms with E-state index in [2.05, 4.69) is 31.2 Å². The predicted molar refractivity (Wildman–Crippen MR) is 105 cm³/mol. The van der Waals surface area contributed by atoms with Gasteiger partial charge < -0.3 is 10.1 Å². The molecule has 0 saturated heterocycles. The highest BCUT2D eigenvalue weighted by Crippen LogP contribution is 2.17. The summed E-state index contributed by atoms with van der Waals surface area (Å²) in [6.07, 6.45) is 1.16. The van der Waals surface area contributed by atoms with Gasteiger partial charge in [-0.05, 0) is 56.0 Å². The number of hydrogen-bond donors (Lipinski definition) is 1. The first-order valence-corrected chi connectivity index (χ1v) is 9.42. The Bertz CT molecular complexity index is 723. The Morgan fingerprint density at radius 1 is 1.27 bits per heavy atom. The van der Waals surface area contributed by atoms with Crippen molar-refractivity contribution in [2.24, 2.45) is 5.92 Å². The molecule has 0 saturated carbocycles. The van der Waals surface area contributed by atoms with Crippen LogP contribution in [0.3, 0.4) is 0 Å². The molecule has 5 nitrogen and oxygen atoms in total. The lowest BCUT2D eigenvalue weighted by atomic mass is 10.1. The van der Waals surface area contributed by atoms with E-state index in [-0.39, 0.29) is 5.91 Å². The molecule has 1 N–H and O–H groups in total. The molecule has 2 aromatic rings. The fourth-order valence-electron chi connectivity index (χ4n) is 2.84. The molecule has 1 aromatic carbocycles. The maximum atomic E-state index is 12.1. The van der Waals surface area contributed by atoms with Gasteiger partial charge in [0.15, 0.2) is 0 Å². The molecule has 142 valence electrons. The predicted octanol–water partition coefficient (Wildman–Crippen LogP) is 3.94. The summed E-state index contributed by atoms with van der Waals surface area (Å²) in [7, 11) is 0. The second kappa shape index (κ2) is 9.62. The molecule has 6 heteroatoms. The van der Waals surface area contributed by atoms with Crippen LogP contribution in [-0.2, 0) is 17.8 Å². The van der Waals surface area contributed by atoms with Gasteiger partial charge in [0.05, 0.1) is 12.2 Å². The number of aromatic nitrogens is 2. The number of aryl methyl sites for hydroxylation is 1. The van der Waals surface area contributed by atoms with Crippen molar-refractivity contribution in [1.29, 1.82) is 0 Å². The van der Waals surface area contributed by atoms with E-state index < -0.39 is 0 Å². The maximum absolute atomic E-state index is 12.1. The average molecular weight is 378 g/mol. The Kier molecular flexibility index (Phi) is 7.51. The number of amides is 1. The largest absolute Gasteiger partial charge is 0.492 e. The smallest absolute Gasteiger partial charge is 0.220 e. The highest BCUT2D eigenvalue weighted by Gasteiger charge is 2.13. The number of rotatable bonds is 9. The van der Waals surface area contributed by atoms with E-state index >= 15 is 0 Å². The lowest BCUT2D eigenvalue weighted by Crippen LogP contribution is -2.28. The van der Waals surface area contributed by atoms with Gasteiger partial charge in [-0.15, -0.1) is 0 Å². The Balaban J connectivity index is 1.73. The van der Waals surface area contributed by atoms with Gasteiger partial charge in [-0.1, -0.05) is 25.4 Å². The standard InChI is InChI=1S/C20H28ClN3O2/c1-14(2)13-24-16(4)19(15(3)23-24)9-10-20(25)22-11-12-26-18-7-5-17(21)6-8-18/h5-8,14H,9-13H2,1-4H3,(H,22,25). The lowest BCUT2D eigenvalue weighted by molar-refractivity contribution is -0.121. The number of nitrogens with one attached hydrogen (secondary N) is 1. The molecule has 2 rings (SSSR count). The fourth-order valence-corrected chi connectivity index (χ4v) is 2.96. The highest BCUT2D eigenvalue weighted by molar-refractivity contribution is 6.30. The minimum atomic E-state index is 0.0279. The third-order valence-electron chi connectivity index (χ3n) is 4.18. The van der Waals surface area contributed by atoms with Crippen LogP contribution in [0.25, 0.3) is 0 Å². The van der Waals surface area contributed by atoms with Crippen LogP contribution in [0.4, 0.5) is 0 Å². The molecule has 0 radical (unpaired) electrons. The van der Waals surface area contributed by atoms with Crippen molar-refractivity contribution in [3.63, 3.8) is 0 Å². The van der Waals surface area contributed by atoms with E-state index in [9.17, 15) is 4.79 Å². The van der Waals surface area contributed by atoms with E-state index in [1.807, 2.05) is 23.7 Å². The van der Waals surface area contributed by atoms with Crippen LogP contribution in [0.2, 0.25) is 5.02 Å². The van der Waals surface area contributed by atoms with Crippen LogP contribution in [0.1, 0.15) is 37.2 Å². The molecule has 0 bridgehead atoms. The molecule has 0 aliphatic rings. The summed E-state index contributed by atoms with van der Waals surface area (Å²) in [6.45, 7) is 10.3. The third-order valence-corrected chi connectivity index (χ3v) is 4.43. The third kappa shape index (κ3) is 6.06. The normalized spacial score (nSPS) is 11.0. The molecule has 0 unspecified atom stereocenters. The summed E-state index contributed by atoms with van der Waals surface area (Å²) in [5.74, 6) is 1.32. The highest BCUT2D eigenvalue weighted by atomic mass is 35.5. The number of ether oxygens (including phenoxy) is 1. The van der Waals surface area contributed by atoms with E-state index in [4.69, 9.17) is 16.3 Å². The van der Waals surface area contributed by atoms with Crippen molar-refractivity contribution in [2.45, 2.75) is 47.1 Å². The van der Waals surface area contributed by atoms with Crippen molar-refractivity contribution in [3.8, 4) is 5.75 Å². The summed E-state index contributed by atoms with van der Waals surface area (Å²) in [4.78, 5) is 12.1. The minimum Gasteiger partial charge on any atom is -0.492 e. The van der Waals surface area contributed by atoms with Gasteiger partial charge in [-0.2, -0.15) is 5.10 Å². The van der Waals surface area contributed by atoms with Crippen LogP contribution in [0.5, 0.6) is 5.75 Å². The summed E-state index contributed by atoms with van der Waals surface area (Å²) in [5.41, 5.74) is 3.36. The molecule has 0 fully saturated rings. The molecule has 26 heavy (non-hydrogen) atoms. The second-order valence-corrected chi connectivity index (χ2v) is 7.31. The maximum Gasteiger partial charge on any atom is 0.220 e. The van der Waals surface area contributed by atoms with Crippen LogP contribution < -0.4 is 10.1 Å². The SMILES string of the molecule is Cc1nn(CC(C)C)c(C)c1CCC(=O)NCCOc1ccc(Cl)cc1. The quantitative estimate of drug-likeness (QED) is 0.673. The fraction of sp³-hybridized carbons (Fsp3) is 0.500. The Labute approximate surface area is 160 Å². The number of benzene rings is 1. The van der Waals surface area contributed by atoms with Crippen molar-refractivity contribution in [2.75, 3.05) is 13.2 Å². The molecule has 0 atom stereocenters. The number of halogens is 1. The van der Waals surface area contributed by atoms with Crippen LogP contribution in [-0.4, -0.2) is 28.8 Å². The molecular weight excluding hydrogens is 350 g/mol. The second-order valence-electron chi connectivity index (χ2n) is 6.88. The van der Waals surface area contributed by atoms with E-state index in [0.717, 1.165) is 23.7 Å². The first-order valence-electron chi connectivity index (χ1n) is 9.04. The van der Waals surface area contributed by atoms with Crippen molar-refractivity contribution >= 4 is 17.5 Å².